The number of anilines is 1. The van der Waals surface area contributed by atoms with Gasteiger partial charge in [-0.15, -0.1) is 0 Å². The summed E-state index contributed by atoms with van der Waals surface area (Å²) in [5.41, 5.74) is 4.00. The monoisotopic (exact) mass is 255 g/mol. The van der Waals surface area contributed by atoms with E-state index in [1.165, 1.54) is 16.8 Å². The minimum Gasteiger partial charge on any atom is -0.378 e. The summed E-state index contributed by atoms with van der Waals surface area (Å²) in [6, 6.07) is 19.9. The SMILES string of the molecule is C[C@H]([NH2+]Cc1ccc(N(C)C)cc1)c1ccccc1. The molecule has 0 aliphatic rings. The molecule has 2 rings (SSSR count). The lowest BCUT2D eigenvalue weighted by molar-refractivity contribution is -0.707. The van der Waals surface area contributed by atoms with Gasteiger partial charge in [0.05, 0.1) is 0 Å². The smallest absolute Gasteiger partial charge is 0.109 e. The summed E-state index contributed by atoms with van der Waals surface area (Å²) in [6.07, 6.45) is 0. The van der Waals surface area contributed by atoms with Crippen molar-refractivity contribution in [3.8, 4) is 0 Å². The molecule has 0 unspecified atom stereocenters. The normalized spacial score (nSPS) is 12.2. The van der Waals surface area contributed by atoms with Gasteiger partial charge in [0.15, 0.2) is 0 Å². The molecule has 2 aromatic rings. The third-order valence-corrected chi connectivity index (χ3v) is 3.49. The summed E-state index contributed by atoms with van der Waals surface area (Å²) in [5, 5.41) is 2.38. The van der Waals surface area contributed by atoms with Gasteiger partial charge in [-0.2, -0.15) is 0 Å². The number of rotatable bonds is 5. The second kappa shape index (κ2) is 6.39. The predicted octanol–water partition coefficient (Wildman–Crippen LogP) is 2.58. The summed E-state index contributed by atoms with van der Waals surface area (Å²) < 4.78 is 0. The number of quaternary nitrogens is 1. The first-order chi connectivity index (χ1) is 9.16. The Bertz CT molecular complexity index is 488. The van der Waals surface area contributed by atoms with Gasteiger partial charge in [-0.1, -0.05) is 42.5 Å². The van der Waals surface area contributed by atoms with Crippen LogP contribution in [0.1, 0.15) is 24.1 Å². The van der Waals surface area contributed by atoms with E-state index in [0.29, 0.717) is 6.04 Å². The molecule has 2 nitrogen and oxygen atoms in total. The molecule has 2 aromatic carbocycles. The van der Waals surface area contributed by atoms with Crippen LogP contribution < -0.4 is 10.2 Å². The van der Waals surface area contributed by atoms with Crippen molar-refractivity contribution in [1.82, 2.24) is 0 Å². The van der Waals surface area contributed by atoms with E-state index in [1.54, 1.807) is 0 Å². The van der Waals surface area contributed by atoms with Gasteiger partial charge in [0, 0.05) is 30.9 Å². The van der Waals surface area contributed by atoms with E-state index < -0.39 is 0 Å². The zero-order valence-corrected chi connectivity index (χ0v) is 12.0. The molecule has 0 heterocycles. The summed E-state index contributed by atoms with van der Waals surface area (Å²) in [7, 11) is 4.14. The van der Waals surface area contributed by atoms with Crippen LogP contribution in [0.2, 0.25) is 0 Å². The highest BCUT2D eigenvalue weighted by Crippen LogP contribution is 2.12. The Labute approximate surface area is 116 Å². The van der Waals surface area contributed by atoms with Gasteiger partial charge in [-0.25, -0.2) is 0 Å². The lowest BCUT2D eigenvalue weighted by Gasteiger charge is -2.14. The minimum absolute atomic E-state index is 0.495. The van der Waals surface area contributed by atoms with Crippen molar-refractivity contribution in [2.45, 2.75) is 19.5 Å². The van der Waals surface area contributed by atoms with Gasteiger partial charge in [-0.3, -0.25) is 0 Å². The van der Waals surface area contributed by atoms with Gasteiger partial charge in [0.1, 0.15) is 12.6 Å². The quantitative estimate of drug-likeness (QED) is 0.870. The second-order valence-corrected chi connectivity index (χ2v) is 5.20. The van der Waals surface area contributed by atoms with Crippen molar-refractivity contribution in [1.29, 1.82) is 0 Å². The summed E-state index contributed by atoms with van der Waals surface area (Å²) >= 11 is 0. The molecule has 0 saturated carbocycles. The van der Waals surface area contributed by atoms with E-state index in [1.807, 2.05) is 0 Å². The molecular formula is C17H23N2+. The fourth-order valence-corrected chi connectivity index (χ4v) is 2.14. The van der Waals surface area contributed by atoms with Crippen molar-refractivity contribution in [2.24, 2.45) is 0 Å². The number of hydrogen-bond acceptors (Lipinski definition) is 1. The molecule has 0 aromatic heterocycles. The van der Waals surface area contributed by atoms with Gasteiger partial charge < -0.3 is 10.2 Å². The van der Waals surface area contributed by atoms with Crippen molar-refractivity contribution in [3.63, 3.8) is 0 Å². The molecular weight excluding hydrogens is 232 g/mol. The highest BCUT2D eigenvalue weighted by molar-refractivity contribution is 5.45. The van der Waals surface area contributed by atoms with E-state index in [9.17, 15) is 0 Å². The topological polar surface area (TPSA) is 19.9 Å². The van der Waals surface area contributed by atoms with Crippen molar-refractivity contribution >= 4 is 5.69 Å². The van der Waals surface area contributed by atoms with Crippen LogP contribution in [0, 0.1) is 0 Å². The number of nitrogens with two attached hydrogens (primary N) is 1. The van der Waals surface area contributed by atoms with Crippen LogP contribution in [-0.4, -0.2) is 14.1 Å². The molecule has 2 N–H and O–H groups in total. The number of benzene rings is 2. The minimum atomic E-state index is 0.495. The molecule has 0 bridgehead atoms. The van der Waals surface area contributed by atoms with Crippen LogP contribution in [0.5, 0.6) is 0 Å². The highest BCUT2D eigenvalue weighted by Gasteiger charge is 2.07. The molecule has 0 aliphatic heterocycles. The lowest BCUT2D eigenvalue weighted by Crippen LogP contribution is -2.83. The molecule has 0 radical (unpaired) electrons. The molecule has 0 saturated heterocycles. The van der Waals surface area contributed by atoms with Crippen molar-refractivity contribution in [2.75, 3.05) is 19.0 Å². The number of nitrogens with zero attached hydrogens (tertiary/aromatic N) is 1. The fraction of sp³-hybridized carbons (Fsp3) is 0.294. The molecule has 1 atom stereocenters. The Morgan fingerprint density at radius 2 is 1.58 bits per heavy atom. The van der Waals surface area contributed by atoms with E-state index in [0.717, 1.165) is 6.54 Å². The van der Waals surface area contributed by atoms with E-state index in [-0.39, 0.29) is 0 Å². The third-order valence-electron chi connectivity index (χ3n) is 3.49. The molecule has 2 heteroatoms. The van der Waals surface area contributed by atoms with Gasteiger partial charge in [0.2, 0.25) is 0 Å². The van der Waals surface area contributed by atoms with Crippen LogP contribution >= 0.6 is 0 Å². The van der Waals surface area contributed by atoms with E-state index >= 15 is 0 Å². The molecule has 0 amide bonds. The fourth-order valence-electron chi connectivity index (χ4n) is 2.14. The third kappa shape index (κ3) is 3.83. The number of hydrogen-bond donors (Lipinski definition) is 1. The molecule has 0 fully saturated rings. The first kappa shape index (κ1) is 13.6. The Morgan fingerprint density at radius 3 is 2.16 bits per heavy atom. The maximum atomic E-state index is 2.38. The van der Waals surface area contributed by atoms with E-state index in [4.69, 9.17) is 0 Å². The van der Waals surface area contributed by atoms with Crippen LogP contribution in [0.4, 0.5) is 5.69 Å². The van der Waals surface area contributed by atoms with Crippen molar-refractivity contribution in [3.05, 3.63) is 65.7 Å². The average molecular weight is 255 g/mol. The molecule has 0 spiro atoms. The second-order valence-electron chi connectivity index (χ2n) is 5.20. The maximum Gasteiger partial charge on any atom is 0.109 e. The zero-order chi connectivity index (χ0) is 13.7. The molecule has 0 aliphatic carbocycles. The van der Waals surface area contributed by atoms with Gasteiger partial charge in [0.25, 0.3) is 0 Å². The Balaban J connectivity index is 1.92. The Morgan fingerprint density at radius 1 is 0.947 bits per heavy atom. The summed E-state index contributed by atoms with van der Waals surface area (Å²) in [6.45, 7) is 3.27. The van der Waals surface area contributed by atoms with Crippen molar-refractivity contribution < 1.29 is 5.32 Å². The first-order valence-electron chi connectivity index (χ1n) is 6.81. The van der Waals surface area contributed by atoms with Gasteiger partial charge in [-0.05, 0) is 19.1 Å². The van der Waals surface area contributed by atoms with Crippen LogP contribution in [0.25, 0.3) is 0 Å². The Kier molecular flexibility index (Phi) is 4.58. The standard InChI is InChI=1S/C17H22N2/c1-14(16-7-5-4-6-8-16)18-13-15-9-11-17(12-10-15)19(2)3/h4-12,14,18H,13H2,1-3H3/p+1/t14-/m0/s1. The predicted molar refractivity (Wildman–Crippen MR) is 81.3 cm³/mol. The molecule has 19 heavy (non-hydrogen) atoms. The van der Waals surface area contributed by atoms with Crippen LogP contribution in [0.3, 0.4) is 0 Å². The maximum absolute atomic E-state index is 2.38. The summed E-state index contributed by atoms with van der Waals surface area (Å²) in [5.74, 6) is 0. The zero-order valence-electron chi connectivity index (χ0n) is 12.0. The Hall–Kier alpha value is -1.80. The average Bonchev–Trinajstić information content (AvgIpc) is 2.46. The van der Waals surface area contributed by atoms with Crippen LogP contribution in [0.15, 0.2) is 54.6 Å². The lowest BCUT2D eigenvalue weighted by atomic mass is 10.1. The molecule has 100 valence electrons. The van der Waals surface area contributed by atoms with Gasteiger partial charge >= 0.3 is 0 Å². The summed E-state index contributed by atoms with van der Waals surface area (Å²) in [4.78, 5) is 2.13. The first-order valence-corrected chi connectivity index (χ1v) is 6.81. The largest absolute Gasteiger partial charge is 0.378 e. The van der Waals surface area contributed by atoms with E-state index in [2.05, 4.69) is 85.8 Å². The van der Waals surface area contributed by atoms with Crippen LogP contribution in [-0.2, 0) is 6.54 Å². The highest BCUT2D eigenvalue weighted by atomic mass is 15.1.